The monoisotopic (exact) mass is 314 g/mol. The standard InChI is InChI=1S/C13H18N2O5S/c14-21(16,17)12-8-10(9-15-1-3-18-4-2-15)7-11-13(12)20-6-5-19-11/h7-8H,1-6,9H2,(H2,14,16,17). The van der Waals surface area contributed by atoms with Crippen LogP contribution in [0.3, 0.4) is 0 Å². The smallest absolute Gasteiger partial charge is 0.241 e. The molecule has 8 heteroatoms. The highest BCUT2D eigenvalue weighted by molar-refractivity contribution is 7.89. The van der Waals surface area contributed by atoms with Gasteiger partial charge in [0.1, 0.15) is 18.1 Å². The summed E-state index contributed by atoms with van der Waals surface area (Å²) in [6.07, 6.45) is 0. The van der Waals surface area contributed by atoms with E-state index in [9.17, 15) is 8.42 Å². The summed E-state index contributed by atoms with van der Waals surface area (Å²) >= 11 is 0. The van der Waals surface area contributed by atoms with E-state index in [4.69, 9.17) is 19.3 Å². The molecule has 0 unspecified atom stereocenters. The van der Waals surface area contributed by atoms with Crippen LogP contribution in [0, 0.1) is 0 Å². The van der Waals surface area contributed by atoms with Crippen LogP contribution >= 0.6 is 0 Å². The van der Waals surface area contributed by atoms with Gasteiger partial charge in [-0.25, -0.2) is 13.6 Å². The van der Waals surface area contributed by atoms with Crippen molar-refractivity contribution in [2.24, 2.45) is 5.14 Å². The van der Waals surface area contributed by atoms with Gasteiger partial charge in [-0.15, -0.1) is 0 Å². The summed E-state index contributed by atoms with van der Waals surface area (Å²) in [4.78, 5) is 2.19. The van der Waals surface area contributed by atoms with Gasteiger partial charge < -0.3 is 14.2 Å². The second-order valence-electron chi connectivity index (χ2n) is 5.05. The van der Waals surface area contributed by atoms with Crippen molar-refractivity contribution in [2.75, 3.05) is 39.5 Å². The first-order chi connectivity index (χ1) is 10.0. The Kier molecular flexibility index (Phi) is 4.03. The summed E-state index contributed by atoms with van der Waals surface area (Å²) in [7, 11) is -3.86. The average Bonchev–Trinajstić information content (AvgIpc) is 2.46. The normalized spacial score (nSPS) is 19.5. The van der Waals surface area contributed by atoms with E-state index < -0.39 is 10.0 Å². The topological polar surface area (TPSA) is 91.1 Å². The maximum Gasteiger partial charge on any atom is 0.241 e. The zero-order valence-corrected chi connectivity index (χ0v) is 12.4. The molecule has 7 nitrogen and oxygen atoms in total. The molecule has 2 heterocycles. The molecule has 1 aromatic rings. The van der Waals surface area contributed by atoms with Gasteiger partial charge in [-0.2, -0.15) is 0 Å². The van der Waals surface area contributed by atoms with E-state index in [2.05, 4.69) is 4.90 Å². The maximum atomic E-state index is 11.8. The fourth-order valence-corrected chi connectivity index (χ4v) is 3.23. The molecule has 0 amide bonds. The number of rotatable bonds is 3. The van der Waals surface area contributed by atoms with Crippen molar-refractivity contribution in [3.05, 3.63) is 17.7 Å². The van der Waals surface area contributed by atoms with Crippen LogP contribution in [0.15, 0.2) is 17.0 Å². The van der Waals surface area contributed by atoms with Crippen molar-refractivity contribution in [2.45, 2.75) is 11.4 Å². The molecule has 21 heavy (non-hydrogen) atoms. The van der Waals surface area contributed by atoms with Crippen LogP contribution in [-0.4, -0.2) is 52.8 Å². The predicted octanol–water partition coefficient (Wildman–Crippen LogP) is -0.0626. The lowest BCUT2D eigenvalue weighted by Crippen LogP contribution is -2.35. The fraction of sp³-hybridized carbons (Fsp3) is 0.538. The van der Waals surface area contributed by atoms with Crippen LogP contribution in [0.5, 0.6) is 11.5 Å². The first-order valence-corrected chi connectivity index (χ1v) is 8.34. The lowest BCUT2D eigenvalue weighted by Gasteiger charge is -2.27. The minimum atomic E-state index is -3.86. The van der Waals surface area contributed by atoms with E-state index in [1.165, 1.54) is 0 Å². The van der Waals surface area contributed by atoms with Gasteiger partial charge in [0.2, 0.25) is 10.0 Å². The number of nitrogens with zero attached hydrogens (tertiary/aromatic N) is 1. The molecule has 0 bridgehead atoms. The molecule has 2 aliphatic rings. The van der Waals surface area contributed by atoms with Gasteiger partial charge in [0.25, 0.3) is 0 Å². The Labute approximate surface area is 123 Å². The molecule has 3 rings (SSSR count). The van der Waals surface area contributed by atoms with Gasteiger partial charge in [0.05, 0.1) is 13.2 Å². The molecule has 0 atom stereocenters. The van der Waals surface area contributed by atoms with Gasteiger partial charge in [-0.3, -0.25) is 4.90 Å². The number of hydrogen-bond donors (Lipinski definition) is 1. The number of benzene rings is 1. The van der Waals surface area contributed by atoms with Gasteiger partial charge in [0, 0.05) is 19.6 Å². The number of fused-ring (bicyclic) bond motifs is 1. The Hall–Kier alpha value is -1.35. The quantitative estimate of drug-likeness (QED) is 0.840. The second kappa shape index (κ2) is 5.80. The Morgan fingerprint density at radius 2 is 1.81 bits per heavy atom. The lowest BCUT2D eigenvalue weighted by atomic mass is 10.1. The maximum absolute atomic E-state index is 11.8. The average molecular weight is 314 g/mol. The molecule has 0 saturated carbocycles. The number of ether oxygens (including phenoxy) is 3. The summed E-state index contributed by atoms with van der Waals surface area (Å²) in [6.45, 7) is 4.36. The van der Waals surface area contributed by atoms with E-state index in [1.807, 2.05) is 6.07 Å². The summed E-state index contributed by atoms with van der Waals surface area (Å²) in [5, 5.41) is 5.29. The molecule has 1 saturated heterocycles. The number of nitrogens with two attached hydrogens (primary N) is 1. The SMILES string of the molecule is NS(=O)(=O)c1cc(CN2CCOCC2)cc2c1OCCO2. The van der Waals surface area contributed by atoms with Crippen LogP contribution in [0.25, 0.3) is 0 Å². The highest BCUT2D eigenvalue weighted by Crippen LogP contribution is 2.37. The van der Waals surface area contributed by atoms with Crippen molar-refractivity contribution in [1.29, 1.82) is 0 Å². The predicted molar refractivity (Wildman–Crippen MR) is 74.9 cm³/mol. The summed E-state index contributed by atoms with van der Waals surface area (Å²) in [5.74, 6) is 0.658. The molecular weight excluding hydrogens is 296 g/mol. The Balaban J connectivity index is 1.94. The second-order valence-corrected chi connectivity index (χ2v) is 6.58. The molecule has 1 fully saturated rings. The molecule has 2 N–H and O–H groups in total. The van der Waals surface area contributed by atoms with Gasteiger partial charge in [-0.1, -0.05) is 0 Å². The minimum Gasteiger partial charge on any atom is -0.486 e. The minimum absolute atomic E-state index is 0.0111. The third-order valence-electron chi connectivity index (χ3n) is 3.48. The van der Waals surface area contributed by atoms with Crippen molar-refractivity contribution in [3.63, 3.8) is 0 Å². The number of primary sulfonamides is 1. The molecule has 116 valence electrons. The van der Waals surface area contributed by atoms with Crippen LogP contribution in [0.1, 0.15) is 5.56 Å². The van der Waals surface area contributed by atoms with E-state index in [1.54, 1.807) is 6.07 Å². The van der Waals surface area contributed by atoms with Gasteiger partial charge in [0.15, 0.2) is 11.5 Å². The van der Waals surface area contributed by atoms with Crippen molar-refractivity contribution in [3.8, 4) is 11.5 Å². The Morgan fingerprint density at radius 1 is 1.10 bits per heavy atom. The summed E-state index contributed by atoms with van der Waals surface area (Å²) in [5.41, 5.74) is 0.838. The van der Waals surface area contributed by atoms with Crippen molar-refractivity contribution < 1.29 is 22.6 Å². The molecule has 2 aliphatic heterocycles. The highest BCUT2D eigenvalue weighted by Gasteiger charge is 2.24. The zero-order valence-electron chi connectivity index (χ0n) is 11.6. The van der Waals surface area contributed by atoms with Gasteiger partial charge in [-0.05, 0) is 17.7 Å². The Morgan fingerprint density at radius 3 is 2.52 bits per heavy atom. The van der Waals surface area contributed by atoms with Crippen LogP contribution in [-0.2, 0) is 21.3 Å². The zero-order chi connectivity index (χ0) is 14.9. The van der Waals surface area contributed by atoms with Gasteiger partial charge >= 0.3 is 0 Å². The molecule has 0 radical (unpaired) electrons. The van der Waals surface area contributed by atoms with Crippen LogP contribution in [0.2, 0.25) is 0 Å². The number of morpholine rings is 1. The number of sulfonamides is 1. The fourth-order valence-electron chi connectivity index (χ4n) is 2.50. The third kappa shape index (κ3) is 3.29. The van der Waals surface area contributed by atoms with Crippen molar-refractivity contribution >= 4 is 10.0 Å². The molecule has 1 aromatic carbocycles. The molecule has 0 aromatic heterocycles. The highest BCUT2D eigenvalue weighted by atomic mass is 32.2. The molecular formula is C13H18N2O5S. The molecule has 0 spiro atoms. The summed E-state index contributed by atoms with van der Waals surface area (Å²) < 4.78 is 39.7. The largest absolute Gasteiger partial charge is 0.486 e. The lowest BCUT2D eigenvalue weighted by molar-refractivity contribution is 0.0341. The third-order valence-corrected chi connectivity index (χ3v) is 4.40. The Bertz CT molecular complexity index is 626. The first-order valence-electron chi connectivity index (χ1n) is 6.79. The number of hydrogen-bond acceptors (Lipinski definition) is 6. The first kappa shape index (κ1) is 14.6. The summed E-state index contributed by atoms with van der Waals surface area (Å²) in [6, 6.07) is 3.39. The van der Waals surface area contributed by atoms with Crippen LogP contribution in [0.4, 0.5) is 0 Å². The molecule has 0 aliphatic carbocycles. The van der Waals surface area contributed by atoms with E-state index in [-0.39, 0.29) is 10.6 Å². The van der Waals surface area contributed by atoms with E-state index in [0.29, 0.717) is 38.7 Å². The van der Waals surface area contributed by atoms with E-state index in [0.717, 1.165) is 18.7 Å². The van der Waals surface area contributed by atoms with Crippen molar-refractivity contribution in [1.82, 2.24) is 4.90 Å². The van der Waals surface area contributed by atoms with E-state index >= 15 is 0 Å². The van der Waals surface area contributed by atoms with Crippen LogP contribution < -0.4 is 14.6 Å².